The molecule has 1 heterocycles. The van der Waals surface area contributed by atoms with Gasteiger partial charge in [0.25, 0.3) is 5.91 Å². The van der Waals surface area contributed by atoms with Crippen molar-refractivity contribution in [2.75, 3.05) is 11.9 Å². The number of alkyl carbamates (subject to hydrolysis) is 1. The van der Waals surface area contributed by atoms with Gasteiger partial charge < -0.3 is 20.1 Å². The summed E-state index contributed by atoms with van der Waals surface area (Å²) in [6.07, 6.45) is -0.639. The fraction of sp³-hybridized carbons (Fsp3) is 0.429. The fourth-order valence-electron chi connectivity index (χ4n) is 1.76. The van der Waals surface area contributed by atoms with Gasteiger partial charge in [0.2, 0.25) is 0 Å². The van der Waals surface area contributed by atoms with Gasteiger partial charge in [-0.2, -0.15) is 0 Å². The average molecular weight is 296 g/mol. The molecule has 1 aromatic rings. The standard InChI is InChI=1S/C14H17FN2O4/c1-14(2,3)21-13(19)16-6-8-4-10-11(5-9(8)15)20-7-12(18)17-10/h4-5H,6-7H2,1-3H3,(H,16,19)(H,17,18). The number of halogens is 1. The summed E-state index contributed by atoms with van der Waals surface area (Å²) in [5, 5.41) is 5.04. The van der Waals surface area contributed by atoms with Gasteiger partial charge in [-0.25, -0.2) is 9.18 Å². The van der Waals surface area contributed by atoms with Crippen LogP contribution in [0.1, 0.15) is 26.3 Å². The number of rotatable bonds is 2. The molecule has 0 saturated carbocycles. The molecule has 0 radical (unpaired) electrons. The van der Waals surface area contributed by atoms with Crippen molar-refractivity contribution in [2.24, 2.45) is 0 Å². The molecule has 7 heteroatoms. The van der Waals surface area contributed by atoms with E-state index in [0.29, 0.717) is 5.69 Å². The first-order valence-corrected chi connectivity index (χ1v) is 6.46. The third kappa shape index (κ3) is 4.08. The van der Waals surface area contributed by atoms with Crippen LogP contribution in [-0.4, -0.2) is 24.2 Å². The lowest BCUT2D eigenvalue weighted by Crippen LogP contribution is -2.32. The van der Waals surface area contributed by atoms with Gasteiger partial charge in [0, 0.05) is 18.2 Å². The summed E-state index contributed by atoms with van der Waals surface area (Å²) in [4.78, 5) is 22.8. The fourth-order valence-corrected chi connectivity index (χ4v) is 1.76. The zero-order valence-corrected chi connectivity index (χ0v) is 12.1. The van der Waals surface area contributed by atoms with Gasteiger partial charge in [0.05, 0.1) is 5.69 Å². The summed E-state index contributed by atoms with van der Waals surface area (Å²) in [6, 6.07) is 2.61. The molecule has 1 aliphatic heterocycles. The van der Waals surface area contributed by atoms with Crippen LogP contribution < -0.4 is 15.4 Å². The minimum absolute atomic E-state index is 0.0517. The first kappa shape index (κ1) is 15.1. The number of benzene rings is 1. The molecule has 0 saturated heterocycles. The van der Waals surface area contributed by atoms with Crippen molar-refractivity contribution < 1.29 is 23.5 Å². The van der Waals surface area contributed by atoms with Crippen LogP contribution in [-0.2, 0) is 16.1 Å². The van der Waals surface area contributed by atoms with E-state index in [4.69, 9.17) is 9.47 Å². The summed E-state index contributed by atoms with van der Waals surface area (Å²) >= 11 is 0. The molecule has 0 aromatic heterocycles. The highest BCUT2D eigenvalue weighted by Gasteiger charge is 2.20. The molecule has 2 rings (SSSR count). The Morgan fingerprint density at radius 1 is 1.48 bits per heavy atom. The van der Waals surface area contributed by atoms with E-state index in [1.165, 1.54) is 12.1 Å². The molecule has 1 aliphatic rings. The smallest absolute Gasteiger partial charge is 0.407 e. The molecule has 0 atom stereocenters. The van der Waals surface area contributed by atoms with Crippen LogP contribution in [0.5, 0.6) is 5.75 Å². The van der Waals surface area contributed by atoms with Crippen molar-refractivity contribution in [3.63, 3.8) is 0 Å². The monoisotopic (exact) mass is 296 g/mol. The van der Waals surface area contributed by atoms with Crippen LogP contribution in [0, 0.1) is 5.82 Å². The zero-order valence-electron chi connectivity index (χ0n) is 12.1. The van der Waals surface area contributed by atoms with Gasteiger partial charge in [-0.15, -0.1) is 0 Å². The maximum Gasteiger partial charge on any atom is 0.407 e. The van der Waals surface area contributed by atoms with E-state index in [2.05, 4.69) is 10.6 Å². The van der Waals surface area contributed by atoms with Crippen LogP contribution >= 0.6 is 0 Å². The van der Waals surface area contributed by atoms with Crippen LogP contribution in [0.2, 0.25) is 0 Å². The van der Waals surface area contributed by atoms with Crippen molar-refractivity contribution >= 4 is 17.7 Å². The largest absolute Gasteiger partial charge is 0.481 e. The lowest BCUT2D eigenvalue weighted by atomic mass is 10.1. The van der Waals surface area contributed by atoms with Crippen molar-refractivity contribution in [2.45, 2.75) is 32.9 Å². The van der Waals surface area contributed by atoms with Crippen molar-refractivity contribution in [3.8, 4) is 5.75 Å². The summed E-state index contributed by atoms with van der Waals surface area (Å²) in [6.45, 7) is 5.02. The Balaban J connectivity index is 2.05. The molecule has 0 bridgehead atoms. The molecule has 21 heavy (non-hydrogen) atoms. The van der Waals surface area contributed by atoms with Crippen molar-refractivity contribution in [1.29, 1.82) is 0 Å². The maximum absolute atomic E-state index is 13.9. The summed E-state index contributed by atoms with van der Waals surface area (Å²) in [7, 11) is 0. The van der Waals surface area contributed by atoms with Crippen LogP contribution in [0.25, 0.3) is 0 Å². The Bertz CT molecular complexity index is 581. The molecular weight excluding hydrogens is 279 g/mol. The lowest BCUT2D eigenvalue weighted by Gasteiger charge is -2.21. The summed E-state index contributed by atoms with van der Waals surface area (Å²) in [5.74, 6) is -0.561. The highest BCUT2D eigenvalue weighted by atomic mass is 19.1. The summed E-state index contributed by atoms with van der Waals surface area (Å²) in [5.41, 5.74) is -0.0145. The maximum atomic E-state index is 13.9. The van der Waals surface area contributed by atoms with E-state index in [0.717, 1.165) is 0 Å². The van der Waals surface area contributed by atoms with Gasteiger partial charge in [-0.3, -0.25) is 4.79 Å². The highest BCUT2D eigenvalue weighted by Crippen LogP contribution is 2.30. The molecular formula is C14H17FN2O4. The molecule has 0 aliphatic carbocycles. The summed E-state index contributed by atoms with van der Waals surface area (Å²) < 4.78 is 24.0. The quantitative estimate of drug-likeness (QED) is 0.877. The first-order valence-electron chi connectivity index (χ1n) is 6.46. The highest BCUT2D eigenvalue weighted by molar-refractivity contribution is 5.95. The van der Waals surface area contributed by atoms with Crippen LogP contribution in [0.3, 0.4) is 0 Å². The Morgan fingerprint density at radius 3 is 2.86 bits per heavy atom. The Kier molecular flexibility index (Phi) is 4.02. The minimum Gasteiger partial charge on any atom is -0.481 e. The second kappa shape index (κ2) is 5.59. The van der Waals surface area contributed by atoms with Crippen molar-refractivity contribution in [3.05, 3.63) is 23.5 Å². The SMILES string of the molecule is CC(C)(C)OC(=O)NCc1cc2c(cc1F)OCC(=O)N2. The molecule has 6 nitrogen and oxygen atoms in total. The van der Waals surface area contributed by atoms with Gasteiger partial charge in [0.1, 0.15) is 17.2 Å². The molecule has 0 unspecified atom stereocenters. The van der Waals surface area contributed by atoms with E-state index in [9.17, 15) is 14.0 Å². The number of anilines is 1. The Hall–Kier alpha value is -2.31. The number of carbonyl (C=O) groups excluding carboxylic acids is 2. The number of ether oxygens (including phenoxy) is 2. The number of hydrogen-bond donors (Lipinski definition) is 2. The topological polar surface area (TPSA) is 76.7 Å². The number of hydrogen-bond acceptors (Lipinski definition) is 4. The van der Waals surface area contributed by atoms with Gasteiger partial charge in [-0.05, 0) is 26.8 Å². The predicted octanol–water partition coefficient (Wildman–Crippen LogP) is 2.18. The van der Waals surface area contributed by atoms with E-state index >= 15 is 0 Å². The minimum atomic E-state index is -0.639. The number of nitrogens with one attached hydrogen (secondary N) is 2. The van der Waals surface area contributed by atoms with E-state index in [-0.39, 0.29) is 30.4 Å². The third-order valence-electron chi connectivity index (χ3n) is 2.60. The van der Waals surface area contributed by atoms with Gasteiger partial charge in [-0.1, -0.05) is 0 Å². The molecule has 0 spiro atoms. The van der Waals surface area contributed by atoms with Crippen LogP contribution in [0.15, 0.2) is 12.1 Å². The van der Waals surface area contributed by atoms with Crippen molar-refractivity contribution in [1.82, 2.24) is 5.32 Å². The van der Waals surface area contributed by atoms with Crippen LogP contribution in [0.4, 0.5) is 14.9 Å². The normalized spacial score (nSPS) is 13.8. The first-order chi connectivity index (χ1) is 9.74. The van der Waals surface area contributed by atoms with E-state index in [1.807, 2.05) is 0 Å². The molecule has 2 N–H and O–H groups in total. The Labute approximate surface area is 121 Å². The molecule has 0 fully saturated rings. The molecule has 1 aromatic carbocycles. The number of amides is 2. The van der Waals surface area contributed by atoms with Gasteiger partial charge in [0.15, 0.2) is 6.61 Å². The van der Waals surface area contributed by atoms with E-state index < -0.39 is 17.5 Å². The second-order valence-electron chi connectivity index (χ2n) is 5.63. The lowest BCUT2D eigenvalue weighted by molar-refractivity contribution is -0.118. The third-order valence-corrected chi connectivity index (χ3v) is 2.60. The number of fused-ring (bicyclic) bond motifs is 1. The second-order valence-corrected chi connectivity index (χ2v) is 5.63. The molecule has 2 amide bonds. The average Bonchev–Trinajstić information content (AvgIpc) is 2.34. The number of carbonyl (C=O) groups is 2. The van der Waals surface area contributed by atoms with E-state index in [1.54, 1.807) is 20.8 Å². The molecule has 114 valence electrons. The van der Waals surface area contributed by atoms with Gasteiger partial charge >= 0.3 is 6.09 Å². The predicted molar refractivity (Wildman–Crippen MR) is 73.6 cm³/mol. The Morgan fingerprint density at radius 2 is 2.19 bits per heavy atom. The zero-order chi connectivity index (χ0) is 15.6.